The predicted molar refractivity (Wildman–Crippen MR) is 133 cm³/mol. The lowest BCUT2D eigenvalue weighted by Crippen LogP contribution is -2.53. The Morgan fingerprint density at radius 3 is 2.57 bits per heavy atom. The highest BCUT2D eigenvalue weighted by Gasteiger charge is 2.34. The number of hydrogen-bond donors (Lipinski definition) is 2. The lowest BCUT2D eigenvalue weighted by molar-refractivity contribution is -0.132. The molecule has 0 saturated carbocycles. The smallest absolute Gasteiger partial charge is 0.327 e. The van der Waals surface area contributed by atoms with Gasteiger partial charge in [0.05, 0.1) is 5.52 Å². The number of benzene rings is 1. The van der Waals surface area contributed by atoms with E-state index in [2.05, 4.69) is 27.4 Å². The summed E-state index contributed by atoms with van der Waals surface area (Å²) in [4.78, 5) is 49.5. The zero-order chi connectivity index (χ0) is 24.4. The summed E-state index contributed by atoms with van der Waals surface area (Å²) in [5.41, 5.74) is 2.43. The molecular weight excluding hydrogens is 444 g/mol. The maximum atomic E-state index is 13.2. The number of carbonyl (C=O) groups excluding carboxylic acids is 2. The summed E-state index contributed by atoms with van der Waals surface area (Å²) in [6.07, 6.45) is 4.47. The molecule has 2 aliphatic rings. The van der Waals surface area contributed by atoms with E-state index >= 15 is 0 Å². The number of amides is 3. The SMILES string of the molecule is CCN1CC(c2ccccc2)CCC(NC(=O)N2CCC(n3c(=O)[nH]c4ncccc43)CC2)C1=O. The van der Waals surface area contributed by atoms with Gasteiger partial charge in [-0.05, 0) is 50.3 Å². The lowest BCUT2D eigenvalue weighted by Gasteiger charge is -2.33. The van der Waals surface area contributed by atoms with Gasteiger partial charge in [-0.2, -0.15) is 0 Å². The molecule has 1 aromatic carbocycles. The Morgan fingerprint density at radius 1 is 1.06 bits per heavy atom. The molecule has 5 rings (SSSR count). The molecule has 9 heteroatoms. The minimum atomic E-state index is -0.517. The average Bonchev–Trinajstić information content (AvgIpc) is 3.15. The number of imidazole rings is 1. The maximum absolute atomic E-state index is 13.2. The zero-order valence-electron chi connectivity index (χ0n) is 20.0. The van der Waals surface area contributed by atoms with Crippen LogP contribution in [-0.4, -0.2) is 68.5 Å². The Morgan fingerprint density at radius 2 is 1.83 bits per heavy atom. The van der Waals surface area contributed by atoms with Gasteiger partial charge in [-0.25, -0.2) is 14.6 Å². The molecule has 2 saturated heterocycles. The Balaban J connectivity index is 1.22. The number of hydrogen-bond acceptors (Lipinski definition) is 4. The van der Waals surface area contributed by atoms with E-state index in [-0.39, 0.29) is 29.6 Å². The van der Waals surface area contributed by atoms with Gasteiger partial charge in [-0.3, -0.25) is 14.3 Å². The van der Waals surface area contributed by atoms with Gasteiger partial charge in [-0.1, -0.05) is 30.3 Å². The van der Waals surface area contributed by atoms with Gasteiger partial charge in [-0.15, -0.1) is 0 Å². The van der Waals surface area contributed by atoms with Crippen LogP contribution in [0.15, 0.2) is 53.5 Å². The Kier molecular flexibility index (Phi) is 6.57. The number of rotatable bonds is 4. The molecule has 0 bridgehead atoms. The third-order valence-electron chi connectivity index (χ3n) is 7.41. The largest absolute Gasteiger partial charge is 0.341 e. The molecule has 35 heavy (non-hydrogen) atoms. The summed E-state index contributed by atoms with van der Waals surface area (Å²) in [5.74, 6) is 0.258. The highest BCUT2D eigenvalue weighted by Crippen LogP contribution is 2.28. The first-order chi connectivity index (χ1) is 17.0. The maximum Gasteiger partial charge on any atom is 0.327 e. The van der Waals surface area contributed by atoms with Crippen LogP contribution in [0.5, 0.6) is 0 Å². The highest BCUT2D eigenvalue weighted by molar-refractivity contribution is 5.87. The number of likely N-dealkylation sites (N-methyl/N-ethyl adjacent to an activating group) is 1. The van der Waals surface area contributed by atoms with E-state index in [9.17, 15) is 14.4 Å². The molecule has 2 N–H and O–H groups in total. The topological polar surface area (TPSA) is 103 Å². The molecular formula is C26H32N6O3. The van der Waals surface area contributed by atoms with Crippen LogP contribution in [0.2, 0.25) is 0 Å². The van der Waals surface area contributed by atoms with Crippen molar-refractivity contribution in [1.82, 2.24) is 29.7 Å². The third-order valence-corrected chi connectivity index (χ3v) is 7.41. The molecule has 2 aromatic heterocycles. The Labute approximate surface area is 204 Å². The quantitative estimate of drug-likeness (QED) is 0.604. The van der Waals surface area contributed by atoms with Gasteiger partial charge in [0.15, 0.2) is 5.65 Å². The van der Waals surface area contributed by atoms with Crippen molar-refractivity contribution in [3.05, 3.63) is 64.7 Å². The van der Waals surface area contributed by atoms with Crippen LogP contribution in [0.25, 0.3) is 11.2 Å². The second-order valence-corrected chi connectivity index (χ2v) is 9.45. The van der Waals surface area contributed by atoms with Crippen molar-refractivity contribution in [1.29, 1.82) is 0 Å². The van der Waals surface area contributed by atoms with Gasteiger partial charge in [0.2, 0.25) is 5.91 Å². The molecule has 2 aliphatic heterocycles. The van der Waals surface area contributed by atoms with E-state index in [0.29, 0.717) is 51.1 Å². The lowest BCUT2D eigenvalue weighted by atomic mass is 9.94. The fourth-order valence-corrected chi connectivity index (χ4v) is 5.46. The molecule has 0 aliphatic carbocycles. The molecule has 2 atom stereocenters. The number of carbonyl (C=O) groups is 2. The molecule has 3 amide bonds. The number of pyridine rings is 1. The first-order valence-electron chi connectivity index (χ1n) is 12.5. The molecule has 0 spiro atoms. The molecule has 2 unspecified atom stereocenters. The van der Waals surface area contributed by atoms with Gasteiger partial charge in [0, 0.05) is 44.3 Å². The van der Waals surface area contributed by atoms with Crippen molar-refractivity contribution in [2.24, 2.45) is 0 Å². The normalized spacial score (nSPS) is 21.8. The van der Waals surface area contributed by atoms with Gasteiger partial charge >= 0.3 is 11.7 Å². The standard InChI is InChI=1S/C26H32N6O3/c1-2-30-17-19(18-7-4-3-5-8-18)10-11-21(24(30)33)28-25(34)31-15-12-20(13-16-31)32-22-9-6-14-27-23(22)29-26(32)35/h3-9,14,19-21H,2,10-13,15-17H2,1H3,(H,28,34)(H,27,29,35). The van der Waals surface area contributed by atoms with E-state index in [4.69, 9.17) is 0 Å². The van der Waals surface area contributed by atoms with Crippen molar-refractivity contribution in [2.75, 3.05) is 26.2 Å². The summed E-state index contributed by atoms with van der Waals surface area (Å²) >= 11 is 0. The first-order valence-corrected chi connectivity index (χ1v) is 12.5. The van der Waals surface area contributed by atoms with E-state index in [0.717, 1.165) is 11.9 Å². The number of nitrogens with zero attached hydrogens (tertiary/aromatic N) is 4. The van der Waals surface area contributed by atoms with Crippen LogP contribution >= 0.6 is 0 Å². The molecule has 9 nitrogen and oxygen atoms in total. The third kappa shape index (κ3) is 4.67. The minimum Gasteiger partial charge on any atom is -0.341 e. The molecule has 184 valence electrons. The minimum absolute atomic E-state index is 0.00576. The summed E-state index contributed by atoms with van der Waals surface area (Å²) < 4.78 is 1.76. The van der Waals surface area contributed by atoms with Crippen molar-refractivity contribution in [2.45, 2.75) is 50.6 Å². The van der Waals surface area contributed by atoms with Crippen LogP contribution in [0.3, 0.4) is 0 Å². The Hall–Kier alpha value is -3.62. The first kappa shape index (κ1) is 23.1. The number of aromatic nitrogens is 3. The Bertz CT molecular complexity index is 1240. The predicted octanol–water partition coefficient (Wildman–Crippen LogP) is 2.87. The monoisotopic (exact) mass is 476 g/mol. The van der Waals surface area contributed by atoms with Crippen LogP contribution in [-0.2, 0) is 4.79 Å². The number of piperidine rings is 1. The summed E-state index contributed by atoms with van der Waals surface area (Å²) in [7, 11) is 0. The van der Waals surface area contributed by atoms with E-state index < -0.39 is 6.04 Å². The van der Waals surface area contributed by atoms with Gasteiger partial charge in [0.1, 0.15) is 6.04 Å². The van der Waals surface area contributed by atoms with Crippen molar-refractivity contribution < 1.29 is 9.59 Å². The van der Waals surface area contributed by atoms with Crippen LogP contribution in [0, 0.1) is 0 Å². The molecule has 2 fully saturated rings. The number of aromatic amines is 1. The average molecular weight is 477 g/mol. The van der Waals surface area contributed by atoms with E-state index in [1.807, 2.05) is 42.2 Å². The van der Waals surface area contributed by atoms with E-state index in [1.165, 1.54) is 5.56 Å². The van der Waals surface area contributed by atoms with Gasteiger partial charge in [0.25, 0.3) is 0 Å². The second kappa shape index (κ2) is 9.93. The molecule has 4 heterocycles. The number of fused-ring (bicyclic) bond motifs is 1. The summed E-state index contributed by atoms with van der Waals surface area (Å²) in [5, 5.41) is 3.02. The fraction of sp³-hybridized carbons (Fsp3) is 0.462. The van der Waals surface area contributed by atoms with Gasteiger partial charge < -0.3 is 15.1 Å². The summed E-state index contributed by atoms with van der Waals surface area (Å²) in [6, 6.07) is 13.3. The van der Waals surface area contributed by atoms with Crippen LogP contribution in [0.4, 0.5) is 4.79 Å². The zero-order valence-corrected chi connectivity index (χ0v) is 20.0. The summed E-state index contributed by atoms with van der Waals surface area (Å²) in [6.45, 7) is 4.33. The highest BCUT2D eigenvalue weighted by atomic mass is 16.2. The number of urea groups is 1. The number of likely N-dealkylation sites (tertiary alicyclic amines) is 2. The van der Waals surface area contributed by atoms with Crippen molar-refractivity contribution in [3.63, 3.8) is 0 Å². The number of nitrogens with one attached hydrogen (secondary N) is 2. The fourth-order valence-electron chi connectivity index (χ4n) is 5.46. The van der Waals surface area contributed by atoms with Crippen molar-refractivity contribution >= 4 is 23.1 Å². The second-order valence-electron chi connectivity index (χ2n) is 9.45. The van der Waals surface area contributed by atoms with E-state index in [1.54, 1.807) is 15.7 Å². The molecule has 3 aromatic rings. The number of H-pyrrole nitrogens is 1. The van der Waals surface area contributed by atoms with Crippen molar-refractivity contribution in [3.8, 4) is 0 Å². The van der Waals surface area contributed by atoms with Crippen LogP contribution in [0.1, 0.15) is 50.1 Å². The van der Waals surface area contributed by atoms with Crippen LogP contribution < -0.4 is 11.0 Å². The molecule has 0 radical (unpaired) electrons.